The predicted octanol–water partition coefficient (Wildman–Crippen LogP) is 2.76. The minimum atomic E-state index is 0.0404. The number of amides is 1. The van der Waals surface area contributed by atoms with Gasteiger partial charge in [0, 0.05) is 10.9 Å². The quantitative estimate of drug-likeness (QED) is 0.843. The number of nitrogens with one attached hydrogen (secondary N) is 1. The number of halogens is 1. The summed E-state index contributed by atoms with van der Waals surface area (Å²) in [6, 6.07) is 7.17. The second kappa shape index (κ2) is 6.23. The maximum atomic E-state index is 11.9. The third-order valence-corrected chi connectivity index (χ3v) is 4.21. The SMILES string of the molecule is O=C(Cc1cccc(O)c1)NC1CCC(Br)CC1. The van der Waals surface area contributed by atoms with Crippen LogP contribution in [0.15, 0.2) is 24.3 Å². The molecule has 0 saturated heterocycles. The molecule has 4 heteroatoms. The van der Waals surface area contributed by atoms with Gasteiger partial charge in [0.25, 0.3) is 0 Å². The van der Waals surface area contributed by atoms with Crippen LogP contribution in [0.3, 0.4) is 0 Å². The van der Waals surface area contributed by atoms with Crippen LogP contribution in [-0.2, 0) is 11.2 Å². The average Bonchev–Trinajstić information content (AvgIpc) is 2.32. The molecule has 1 saturated carbocycles. The van der Waals surface area contributed by atoms with Crippen LogP contribution in [0.1, 0.15) is 31.2 Å². The predicted molar refractivity (Wildman–Crippen MR) is 74.9 cm³/mol. The molecule has 1 aromatic rings. The number of phenols is 1. The summed E-state index contributed by atoms with van der Waals surface area (Å²) in [6.07, 6.45) is 4.67. The summed E-state index contributed by atoms with van der Waals surface area (Å²) in [5.74, 6) is 0.249. The van der Waals surface area contributed by atoms with Gasteiger partial charge in [-0.1, -0.05) is 28.1 Å². The van der Waals surface area contributed by atoms with Gasteiger partial charge in [-0.15, -0.1) is 0 Å². The lowest BCUT2D eigenvalue weighted by atomic mass is 9.95. The lowest BCUT2D eigenvalue weighted by Gasteiger charge is -2.26. The smallest absolute Gasteiger partial charge is 0.224 e. The Morgan fingerprint density at radius 1 is 1.33 bits per heavy atom. The van der Waals surface area contributed by atoms with Crippen molar-refractivity contribution in [3.05, 3.63) is 29.8 Å². The molecular weight excluding hydrogens is 294 g/mol. The van der Waals surface area contributed by atoms with Crippen LogP contribution in [0.25, 0.3) is 0 Å². The number of rotatable bonds is 3. The van der Waals surface area contributed by atoms with Gasteiger partial charge in [-0.05, 0) is 43.4 Å². The molecule has 1 aliphatic carbocycles. The van der Waals surface area contributed by atoms with Crippen LogP contribution in [0.5, 0.6) is 5.75 Å². The van der Waals surface area contributed by atoms with E-state index in [2.05, 4.69) is 21.2 Å². The van der Waals surface area contributed by atoms with Crippen molar-refractivity contribution in [2.45, 2.75) is 43.0 Å². The van der Waals surface area contributed by atoms with Crippen LogP contribution >= 0.6 is 15.9 Å². The minimum Gasteiger partial charge on any atom is -0.508 e. The molecule has 0 atom stereocenters. The molecule has 0 aliphatic heterocycles. The van der Waals surface area contributed by atoms with E-state index in [-0.39, 0.29) is 11.7 Å². The highest BCUT2D eigenvalue weighted by atomic mass is 79.9. The Morgan fingerprint density at radius 2 is 2.06 bits per heavy atom. The number of phenolic OH excluding ortho intramolecular Hbond substituents is 1. The van der Waals surface area contributed by atoms with Crippen molar-refractivity contribution in [2.24, 2.45) is 0 Å². The Balaban J connectivity index is 1.82. The van der Waals surface area contributed by atoms with Gasteiger partial charge in [-0.25, -0.2) is 0 Å². The Bertz CT molecular complexity index is 414. The third kappa shape index (κ3) is 4.02. The van der Waals surface area contributed by atoms with E-state index in [1.54, 1.807) is 18.2 Å². The first kappa shape index (κ1) is 13.4. The maximum Gasteiger partial charge on any atom is 0.224 e. The summed E-state index contributed by atoms with van der Waals surface area (Å²) in [5.41, 5.74) is 0.849. The van der Waals surface area contributed by atoms with Gasteiger partial charge in [0.1, 0.15) is 5.75 Å². The summed E-state index contributed by atoms with van der Waals surface area (Å²) >= 11 is 3.60. The van der Waals surface area contributed by atoms with Crippen molar-refractivity contribution < 1.29 is 9.90 Å². The zero-order valence-corrected chi connectivity index (χ0v) is 11.8. The number of hydrogen-bond donors (Lipinski definition) is 2. The Hall–Kier alpha value is -1.03. The van der Waals surface area contributed by atoms with Crippen LogP contribution < -0.4 is 5.32 Å². The van der Waals surface area contributed by atoms with E-state index in [0.29, 0.717) is 17.3 Å². The second-order valence-electron chi connectivity index (χ2n) is 4.86. The van der Waals surface area contributed by atoms with Crippen LogP contribution in [0.4, 0.5) is 0 Å². The number of aromatic hydroxyl groups is 1. The summed E-state index contributed by atoms with van der Waals surface area (Å²) in [4.78, 5) is 12.5. The van der Waals surface area contributed by atoms with E-state index in [9.17, 15) is 9.90 Å². The zero-order valence-electron chi connectivity index (χ0n) is 10.2. The highest BCUT2D eigenvalue weighted by Gasteiger charge is 2.20. The van der Waals surface area contributed by atoms with E-state index in [1.807, 2.05) is 6.07 Å². The molecule has 0 bridgehead atoms. The van der Waals surface area contributed by atoms with Crippen molar-refractivity contribution in [1.29, 1.82) is 0 Å². The highest BCUT2D eigenvalue weighted by molar-refractivity contribution is 9.09. The first-order valence-corrected chi connectivity index (χ1v) is 7.26. The molecule has 2 N–H and O–H groups in total. The van der Waals surface area contributed by atoms with Gasteiger partial charge >= 0.3 is 0 Å². The molecule has 0 heterocycles. The molecule has 1 aromatic carbocycles. The Morgan fingerprint density at radius 3 is 2.72 bits per heavy atom. The van der Waals surface area contributed by atoms with Crippen LogP contribution in [0, 0.1) is 0 Å². The van der Waals surface area contributed by atoms with Crippen molar-refractivity contribution in [3.8, 4) is 5.75 Å². The van der Waals surface area contributed by atoms with E-state index in [1.165, 1.54) is 0 Å². The number of alkyl halides is 1. The molecule has 0 unspecified atom stereocenters. The molecule has 0 radical (unpaired) electrons. The van der Waals surface area contributed by atoms with Crippen molar-refractivity contribution in [3.63, 3.8) is 0 Å². The van der Waals surface area contributed by atoms with Gasteiger partial charge in [-0.2, -0.15) is 0 Å². The Kier molecular flexibility index (Phi) is 4.64. The van der Waals surface area contributed by atoms with Gasteiger partial charge in [0.15, 0.2) is 0 Å². The van der Waals surface area contributed by atoms with E-state index < -0.39 is 0 Å². The molecular formula is C14H18BrNO2. The average molecular weight is 312 g/mol. The fraction of sp³-hybridized carbons (Fsp3) is 0.500. The van der Waals surface area contributed by atoms with Crippen molar-refractivity contribution in [2.75, 3.05) is 0 Å². The first-order chi connectivity index (χ1) is 8.63. The summed E-state index contributed by atoms with van der Waals surface area (Å²) in [5, 5.41) is 12.4. The summed E-state index contributed by atoms with van der Waals surface area (Å²) < 4.78 is 0. The normalized spacial score (nSPS) is 23.6. The lowest BCUT2D eigenvalue weighted by molar-refractivity contribution is -0.121. The van der Waals surface area contributed by atoms with Crippen LogP contribution in [-0.4, -0.2) is 21.9 Å². The third-order valence-electron chi connectivity index (χ3n) is 3.30. The number of carbonyl (C=O) groups excluding carboxylic acids is 1. The fourth-order valence-corrected chi connectivity index (χ4v) is 2.86. The van der Waals surface area contributed by atoms with E-state index >= 15 is 0 Å². The zero-order chi connectivity index (χ0) is 13.0. The molecule has 0 spiro atoms. The largest absolute Gasteiger partial charge is 0.508 e. The molecule has 98 valence electrons. The Labute approximate surface area is 116 Å². The number of benzene rings is 1. The van der Waals surface area contributed by atoms with Gasteiger partial charge in [-0.3, -0.25) is 4.79 Å². The molecule has 18 heavy (non-hydrogen) atoms. The fourth-order valence-electron chi connectivity index (χ4n) is 2.33. The standard InChI is InChI=1S/C14H18BrNO2/c15-11-4-6-12(7-5-11)16-14(18)9-10-2-1-3-13(17)8-10/h1-3,8,11-12,17H,4-7,9H2,(H,16,18). The van der Waals surface area contributed by atoms with Crippen molar-refractivity contribution >= 4 is 21.8 Å². The lowest BCUT2D eigenvalue weighted by Crippen LogP contribution is -2.38. The summed E-state index contributed by atoms with van der Waals surface area (Å²) in [6.45, 7) is 0. The topological polar surface area (TPSA) is 49.3 Å². The van der Waals surface area contributed by atoms with Crippen LogP contribution in [0.2, 0.25) is 0 Å². The molecule has 1 aliphatic rings. The van der Waals surface area contributed by atoms with Gasteiger partial charge in [0.2, 0.25) is 5.91 Å². The summed E-state index contributed by atoms with van der Waals surface area (Å²) in [7, 11) is 0. The second-order valence-corrected chi connectivity index (χ2v) is 6.16. The number of hydrogen-bond acceptors (Lipinski definition) is 2. The van der Waals surface area contributed by atoms with Gasteiger partial charge in [0.05, 0.1) is 6.42 Å². The van der Waals surface area contributed by atoms with Crippen molar-refractivity contribution in [1.82, 2.24) is 5.32 Å². The molecule has 0 aromatic heterocycles. The minimum absolute atomic E-state index is 0.0404. The van der Waals surface area contributed by atoms with E-state index in [4.69, 9.17) is 0 Å². The first-order valence-electron chi connectivity index (χ1n) is 6.35. The molecule has 3 nitrogen and oxygen atoms in total. The maximum absolute atomic E-state index is 11.9. The van der Waals surface area contributed by atoms with E-state index in [0.717, 1.165) is 31.2 Å². The molecule has 2 rings (SSSR count). The monoisotopic (exact) mass is 311 g/mol. The molecule has 1 fully saturated rings. The molecule has 1 amide bonds. The number of carbonyl (C=O) groups is 1. The highest BCUT2D eigenvalue weighted by Crippen LogP contribution is 2.24. The van der Waals surface area contributed by atoms with Gasteiger partial charge < -0.3 is 10.4 Å².